The van der Waals surface area contributed by atoms with Crippen molar-refractivity contribution in [2.45, 2.75) is 33.4 Å². The maximum Gasteiger partial charge on any atom is 0.416 e. The third-order valence-corrected chi connectivity index (χ3v) is 1.48. The summed E-state index contributed by atoms with van der Waals surface area (Å²) < 4.78 is 36.7. The summed E-state index contributed by atoms with van der Waals surface area (Å²) in [7, 11) is 0. The molecule has 0 N–H and O–H groups in total. The topological polar surface area (TPSA) is 0 Å². The van der Waals surface area contributed by atoms with Gasteiger partial charge in [0.05, 0.1) is 5.57 Å². The highest BCUT2D eigenvalue weighted by Crippen LogP contribution is 2.27. The normalized spacial score (nSPS) is 14.5. The van der Waals surface area contributed by atoms with Crippen molar-refractivity contribution in [2.75, 3.05) is 0 Å². The second-order valence-corrected chi connectivity index (χ2v) is 3.29. The van der Waals surface area contributed by atoms with Gasteiger partial charge in [0, 0.05) is 0 Å². The van der Waals surface area contributed by atoms with Crippen molar-refractivity contribution in [1.82, 2.24) is 0 Å². The fourth-order valence-corrected chi connectivity index (χ4v) is 0.820. The Kier molecular flexibility index (Phi) is 4.81. The summed E-state index contributed by atoms with van der Waals surface area (Å²) in [5.74, 6) is 0.252. The van der Waals surface area contributed by atoms with Crippen LogP contribution >= 0.6 is 0 Å². The minimum atomic E-state index is -4.22. The summed E-state index contributed by atoms with van der Waals surface area (Å²) in [4.78, 5) is 0. The SMILES string of the molecule is CC=C/C(=C\CC(C)C)C(F)(F)F. The van der Waals surface area contributed by atoms with Gasteiger partial charge in [0.2, 0.25) is 0 Å². The third-order valence-electron chi connectivity index (χ3n) is 1.48. The van der Waals surface area contributed by atoms with Gasteiger partial charge >= 0.3 is 6.18 Å². The van der Waals surface area contributed by atoms with Gasteiger partial charge in [0.25, 0.3) is 0 Å². The lowest BCUT2D eigenvalue weighted by atomic mass is 10.1. The van der Waals surface area contributed by atoms with Crippen LogP contribution in [-0.4, -0.2) is 6.18 Å². The van der Waals surface area contributed by atoms with Gasteiger partial charge in [-0.3, -0.25) is 0 Å². The summed E-state index contributed by atoms with van der Waals surface area (Å²) in [6, 6.07) is 0. The Balaban J connectivity index is 4.51. The molecule has 0 aliphatic carbocycles. The lowest BCUT2D eigenvalue weighted by Gasteiger charge is -2.08. The van der Waals surface area contributed by atoms with E-state index in [-0.39, 0.29) is 5.92 Å². The molecule has 0 amide bonds. The van der Waals surface area contributed by atoms with E-state index >= 15 is 0 Å². The van der Waals surface area contributed by atoms with Gasteiger partial charge in [-0.05, 0) is 19.3 Å². The van der Waals surface area contributed by atoms with Crippen molar-refractivity contribution in [3.8, 4) is 0 Å². The quantitative estimate of drug-likeness (QED) is 0.590. The van der Waals surface area contributed by atoms with Crippen LogP contribution in [0.5, 0.6) is 0 Å². The van der Waals surface area contributed by atoms with Gasteiger partial charge < -0.3 is 0 Å². The first-order chi connectivity index (χ1) is 5.88. The zero-order valence-electron chi connectivity index (χ0n) is 8.15. The summed E-state index contributed by atoms with van der Waals surface area (Å²) >= 11 is 0. The molecule has 0 atom stereocenters. The van der Waals surface area contributed by atoms with Gasteiger partial charge in [0.15, 0.2) is 0 Å². The average molecular weight is 192 g/mol. The average Bonchev–Trinajstić information content (AvgIpc) is 1.95. The van der Waals surface area contributed by atoms with Crippen LogP contribution in [0.25, 0.3) is 0 Å². The number of hydrogen-bond donors (Lipinski definition) is 0. The smallest absolute Gasteiger partial charge is 0.166 e. The number of halogens is 3. The third kappa shape index (κ3) is 5.50. The fourth-order valence-electron chi connectivity index (χ4n) is 0.820. The lowest BCUT2D eigenvalue weighted by molar-refractivity contribution is -0.0884. The summed E-state index contributed by atoms with van der Waals surface area (Å²) in [6.45, 7) is 5.36. The highest BCUT2D eigenvalue weighted by Gasteiger charge is 2.31. The van der Waals surface area contributed by atoms with E-state index in [0.717, 1.165) is 6.08 Å². The van der Waals surface area contributed by atoms with E-state index in [1.54, 1.807) is 6.92 Å². The predicted molar refractivity (Wildman–Crippen MR) is 48.4 cm³/mol. The molecule has 76 valence electrons. The van der Waals surface area contributed by atoms with Gasteiger partial charge in [-0.25, -0.2) is 0 Å². The second-order valence-electron chi connectivity index (χ2n) is 3.29. The molecular formula is C10H15F3. The molecule has 0 bridgehead atoms. The summed E-state index contributed by atoms with van der Waals surface area (Å²) in [5, 5.41) is 0. The first-order valence-corrected chi connectivity index (χ1v) is 4.28. The summed E-state index contributed by atoms with van der Waals surface area (Å²) in [5.41, 5.74) is -0.552. The molecule has 0 saturated heterocycles. The monoisotopic (exact) mass is 192 g/mol. The molecule has 0 unspecified atom stereocenters. The maximum atomic E-state index is 12.2. The zero-order valence-corrected chi connectivity index (χ0v) is 8.15. The Hall–Kier alpha value is -0.730. The molecule has 0 rings (SSSR count). The number of rotatable bonds is 3. The van der Waals surface area contributed by atoms with E-state index in [1.807, 2.05) is 13.8 Å². The predicted octanol–water partition coefficient (Wildman–Crippen LogP) is 4.10. The number of alkyl halides is 3. The van der Waals surface area contributed by atoms with E-state index < -0.39 is 11.7 Å². The molecule has 0 aromatic rings. The van der Waals surface area contributed by atoms with Gasteiger partial charge in [-0.2, -0.15) is 13.2 Å². The molecule has 0 aliphatic rings. The van der Waals surface area contributed by atoms with Crippen LogP contribution in [0.2, 0.25) is 0 Å². The Morgan fingerprint density at radius 2 is 1.85 bits per heavy atom. The molecular weight excluding hydrogens is 177 g/mol. The van der Waals surface area contributed by atoms with Crippen molar-refractivity contribution in [3.05, 3.63) is 23.8 Å². The molecule has 0 spiro atoms. The maximum absolute atomic E-state index is 12.2. The van der Waals surface area contributed by atoms with E-state index in [0.29, 0.717) is 6.42 Å². The van der Waals surface area contributed by atoms with Gasteiger partial charge in [0.1, 0.15) is 0 Å². The van der Waals surface area contributed by atoms with Crippen LogP contribution in [-0.2, 0) is 0 Å². The fraction of sp³-hybridized carbons (Fsp3) is 0.600. The van der Waals surface area contributed by atoms with E-state index in [9.17, 15) is 13.2 Å². The number of allylic oxidation sites excluding steroid dienone is 4. The highest BCUT2D eigenvalue weighted by atomic mass is 19.4. The molecule has 0 aromatic carbocycles. The van der Waals surface area contributed by atoms with Crippen molar-refractivity contribution < 1.29 is 13.2 Å². The molecule has 0 saturated carbocycles. The Bertz CT molecular complexity index is 197. The molecule has 0 nitrogen and oxygen atoms in total. The Labute approximate surface area is 77.1 Å². The minimum Gasteiger partial charge on any atom is -0.166 e. The van der Waals surface area contributed by atoms with Crippen molar-refractivity contribution in [1.29, 1.82) is 0 Å². The van der Waals surface area contributed by atoms with Crippen molar-refractivity contribution in [3.63, 3.8) is 0 Å². The standard InChI is InChI=1S/C10H15F3/c1-4-5-9(10(11,12)13)7-6-8(2)3/h4-5,7-8H,6H2,1-3H3/b5-4?,9-7+. The van der Waals surface area contributed by atoms with Crippen molar-refractivity contribution >= 4 is 0 Å². The van der Waals surface area contributed by atoms with E-state index in [2.05, 4.69) is 0 Å². The number of hydrogen-bond acceptors (Lipinski definition) is 0. The van der Waals surface area contributed by atoms with Crippen LogP contribution in [0, 0.1) is 5.92 Å². The van der Waals surface area contributed by atoms with Gasteiger partial charge in [-0.1, -0.05) is 32.1 Å². The molecule has 13 heavy (non-hydrogen) atoms. The van der Waals surface area contributed by atoms with Crippen LogP contribution in [0.1, 0.15) is 27.2 Å². The largest absolute Gasteiger partial charge is 0.416 e. The van der Waals surface area contributed by atoms with Crippen LogP contribution in [0.3, 0.4) is 0 Å². The van der Waals surface area contributed by atoms with Gasteiger partial charge in [-0.15, -0.1) is 0 Å². The van der Waals surface area contributed by atoms with Crippen LogP contribution in [0.4, 0.5) is 13.2 Å². The zero-order chi connectivity index (χ0) is 10.5. The molecule has 0 aromatic heterocycles. The molecule has 0 heterocycles. The van der Waals surface area contributed by atoms with Crippen LogP contribution < -0.4 is 0 Å². The van der Waals surface area contributed by atoms with E-state index in [1.165, 1.54) is 12.2 Å². The highest BCUT2D eigenvalue weighted by molar-refractivity contribution is 5.23. The first-order valence-electron chi connectivity index (χ1n) is 4.28. The molecule has 0 radical (unpaired) electrons. The van der Waals surface area contributed by atoms with E-state index in [4.69, 9.17) is 0 Å². The molecule has 0 fully saturated rings. The Morgan fingerprint density at radius 3 is 2.15 bits per heavy atom. The Morgan fingerprint density at radius 1 is 1.31 bits per heavy atom. The first kappa shape index (κ1) is 12.3. The minimum absolute atomic E-state index is 0.252. The van der Waals surface area contributed by atoms with Crippen LogP contribution in [0.15, 0.2) is 23.8 Å². The van der Waals surface area contributed by atoms with Crippen molar-refractivity contribution in [2.24, 2.45) is 5.92 Å². The summed E-state index contributed by atoms with van der Waals surface area (Å²) in [6.07, 6.45) is -0.0206. The molecule has 0 aliphatic heterocycles. The molecule has 3 heteroatoms. The second kappa shape index (κ2) is 5.10. The lowest BCUT2D eigenvalue weighted by Crippen LogP contribution is -2.10.